The zero-order valence-corrected chi connectivity index (χ0v) is 19.4. The number of nitro groups is 1. The highest BCUT2D eigenvalue weighted by Crippen LogP contribution is 2.26. The summed E-state index contributed by atoms with van der Waals surface area (Å²) in [4.78, 5) is 54.1. The fourth-order valence-electron chi connectivity index (χ4n) is 4.29. The summed E-state index contributed by atoms with van der Waals surface area (Å²) in [5.74, 6) is -1.74. The van der Waals surface area contributed by atoms with Gasteiger partial charge in [0.1, 0.15) is 6.04 Å². The van der Waals surface area contributed by atoms with Crippen LogP contribution >= 0.6 is 0 Å². The Morgan fingerprint density at radius 3 is 2.56 bits per heavy atom. The average Bonchev–Trinajstić information content (AvgIpc) is 3.25. The van der Waals surface area contributed by atoms with E-state index in [-0.39, 0.29) is 50.5 Å². The molecule has 1 aliphatic rings. The fourth-order valence-corrected chi connectivity index (χ4v) is 4.29. The highest BCUT2D eigenvalue weighted by atomic mass is 16.6. The monoisotopic (exact) mass is 491 g/mol. The second-order valence-electron chi connectivity index (χ2n) is 8.49. The van der Waals surface area contributed by atoms with Crippen LogP contribution in [0.2, 0.25) is 0 Å². The second-order valence-corrected chi connectivity index (χ2v) is 8.49. The average molecular weight is 492 g/mol. The summed E-state index contributed by atoms with van der Waals surface area (Å²) >= 11 is 0. The Labute approximate surface area is 206 Å². The van der Waals surface area contributed by atoms with Crippen LogP contribution in [0.3, 0.4) is 0 Å². The first-order chi connectivity index (χ1) is 17.3. The summed E-state index contributed by atoms with van der Waals surface area (Å²) in [6.07, 6.45) is 1.57. The third-order valence-corrected chi connectivity index (χ3v) is 6.10. The van der Waals surface area contributed by atoms with Gasteiger partial charge in [-0.3, -0.25) is 24.5 Å². The number of rotatable bonds is 9. The fraction of sp³-hybridized carbons (Fsp3) is 0.280. The number of carbonyl (C=O) groups excluding carboxylic acids is 2. The number of aromatic nitrogens is 2. The van der Waals surface area contributed by atoms with Gasteiger partial charge >= 0.3 is 5.97 Å². The number of para-hydroxylation sites is 1. The molecule has 2 heterocycles. The van der Waals surface area contributed by atoms with Crippen LogP contribution in [0.1, 0.15) is 28.9 Å². The lowest BCUT2D eigenvalue weighted by Gasteiger charge is -2.35. The minimum Gasteiger partial charge on any atom is -0.481 e. The van der Waals surface area contributed by atoms with E-state index >= 15 is 0 Å². The third kappa shape index (κ3) is 5.57. The van der Waals surface area contributed by atoms with Crippen molar-refractivity contribution in [1.82, 2.24) is 19.8 Å². The van der Waals surface area contributed by atoms with Crippen molar-refractivity contribution < 1.29 is 24.4 Å². The van der Waals surface area contributed by atoms with Crippen molar-refractivity contribution in [3.05, 3.63) is 93.6 Å². The van der Waals surface area contributed by atoms with Gasteiger partial charge in [-0.25, -0.2) is 4.98 Å². The Kier molecular flexibility index (Phi) is 7.38. The highest BCUT2D eigenvalue weighted by Gasteiger charge is 2.37. The van der Waals surface area contributed by atoms with Gasteiger partial charge in [0, 0.05) is 24.6 Å². The molecular formula is C25H25N5O6. The van der Waals surface area contributed by atoms with Crippen LogP contribution < -0.4 is 5.32 Å². The van der Waals surface area contributed by atoms with Crippen molar-refractivity contribution in [3.63, 3.8) is 0 Å². The second kappa shape index (κ2) is 10.8. The summed E-state index contributed by atoms with van der Waals surface area (Å²) in [7, 11) is 0. The molecule has 2 aromatic carbocycles. The van der Waals surface area contributed by atoms with Crippen LogP contribution in [0.15, 0.2) is 60.9 Å². The molecule has 11 nitrogen and oxygen atoms in total. The topological polar surface area (TPSA) is 148 Å². The number of nitrogens with one attached hydrogen (secondary N) is 1. The van der Waals surface area contributed by atoms with E-state index in [1.54, 1.807) is 29.1 Å². The first-order valence-electron chi connectivity index (χ1n) is 11.4. The maximum absolute atomic E-state index is 13.3. The molecule has 0 bridgehead atoms. The molecule has 36 heavy (non-hydrogen) atoms. The van der Waals surface area contributed by atoms with Crippen molar-refractivity contribution >= 4 is 23.5 Å². The van der Waals surface area contributed by atoms with E-state index in [1.807, 2.05) is 30.3 Å². The zero-order chi connectivity index (χ0) is 25.7. The van der Waals surface area contributed by atoms with Gasteiger partial charge in [-0.1, -0.05) is 48.5 Å². The van der Waals surface area contributed by atoms with Gasteiger partial charge in [0.05, 0.1) is 48.6 Å². The Balaban J connectivity index is 1.61. The number of nitro benzene ring substituents is 1. The lowest BCUT2D eigenvalue weighted by Crippen LogP contribution is -2.53. The number of fused-ring (bicyclic) bond motifs is 1. The van der Waals surface area contributed by atoms with Gasteiger partial charge in [-0.15, -0.1) is 0 Å². The van der Waals surface area contributed by atoms with Gasteiger partial charge in [0.25, 0.3) is 5.69 Å². The Hall–Kier alpha value is -4.54. The van der Waals surface area contributed by atoms with Crippen molar-refractivity contribution in [2.24, 2.45) is 0 Å². The molecule has 1 aromatic heterocycles. The molecule has 4 rings (SSSR count). The van der Waals surface area contributed by atoms with Crippen molar-refractivity contribution in [1.29, 1.82) is 0 Å². The molecular weight excluding hydrogens is 466 g/mol. The minimum atomic E-state index is -1.04. The van der Waals surface area contributed by atoms with Crippen LogP contribution in [0, 0.1) is 10.1 Å². The first-order valence-corrected chi connectivity index (χ1v) is 11.4. The molecule has 0 spiro atoms. The van der Waals surface area contributed by atoms with E-state index in [1.165, 1.54) is 11.0 Å². The number of benzene rings is 2. The van der Waals surface area contributed by atoms with Gasteiger partial charge in [-0.05, 0) is 5.56 Å². The molecule has 0 saturated heterocycles. The largest absolute Gasteiger partial charge is 0.481 e. The zero-order valence-electron chi connectivity index (χ0n) is 19.4. The Morgan fingerprint density at radius 2 is 1.83 bits per heavy atom. The summed E-state index contributed by atoms with van der Waals surface area (Å²) in [5, 5.41) is 22.9. The number of carboxylic acids is 1. The number of hydrogen-bond acceptors (Lipinski definition) is 6. The van der Waals surface area contributed by atoms with Crippen LogP contribution in [-0.2, 0) is 40.3 Å². The summed E-state index contributed by atoms with van der Waals surface area (Å²) in [5.41, 5.74) is 2.61. The van der Waals surface area contributed by atoms with Crippen molar-refractivity contribution in [2.45, 2.75) is 38.4 Å². The van der Waals surface area contributed by atoms with Crippen LogP contribution in [0.4, 0.5) is 5.69 Å². The lowest BCUT2D eigenvalue weighted by molar-refractivity contribution is -0.385. The van der Waals surface area contributed by atoms with E-state index in [2.05, 4.69) is 10.3 Å². The van der Waals surface area contributed by atoms with Gasteiger partial charge < -0.3 is 19.9 Å². The first kappa shape index (κ1) is 24.6. The normalized spacial score (nSPS) is 14.7. The predicted octanol–water partition coefficient (Wildman–Crippen LogP) is 1.93. The standard InChI is InChI=1S/C25H25N5O6/c31-23(12-17-6-2-1-3-7-17)29-15-22-19(13-21(29)25(34)26-11-10-24(32)33)27-16-28(22)14-18-8-4-5-9-20(18)30(35)36/h1-9,16,21H,10-15H2,(H,26,34)(H,32,33). The molecule has 1 atom stereocenters. The maximum atomic E-state index is 13.3. The summed E-state index contributed by atoms with van der Waals surface area (Å²) in [6.45, 7) is 0.235. The predicted molar refractivity (Wildman–Crippen MR) is 128 cm³/mol. The van der Waals surface area contributed by atoms with Crippen molar-refractivity contribution in [2.75, 3.05) is 6.54 Å². The molecule has 2 N–H and O–H groups in total. The highest BCUT2D eigenvalue weighted by molar-refractivity contribution is 5.89. The van der Waals surface area contributed by atoms with Gasteiger partial charge in [0.15, 0.2) is 0 Å². The van der Waals surface area contributed by atoms with Crippen LogP contribution in [-0.4, -0.2) is 54.9 Å². The van der Waals surface area contributed by atoms with E-state index in [0.717, 1.165) is 5.56 Å². The molecule has 1 aliphatic heterocycles. The Morgan fingerprint density at radius 1 is 1.11 bits per heavy atom. The molecule has 186 valence electrons. The number of hydrogen-bond donors (Lipinski definition) is 2. The van der Waals surface area contributed by atoms with E-state index in [9.17, 15) is 24.5 Å². The maximum Gasteiger partial charge on any atom is 0.305 e. The van der Waals surface area contributed by atoms with Gasteiger partial charge in [0.2, 0.25) is 11.8 Å². The van der Waals surface area contributed by atoms with Gasteiger partial charge in [-0.2, -0.15) is 0 Å². The molecule has 11 heteroatoms. The summed E-state index contributed by atoms with van der Waals surface area (Å²) in [6, 6.07) is 14.7. The number of aliphatic carboxylic acids is 1. The number of nitrogens with zero attached hydrogens (tertiary/aromatic N) is 4. The molecule has 0 radical (unpaired) electrons. The van der Waals surface area contributed by atoms with Crippen molar-refractivity contribution in [3.8, 4) is 0 Å². The molecule has 0 saturated carbocycles. The van der Waals surface area contributed by atoms with E-state index in [0.29, 0.717) is 17.0 Å². The summed E-state index contributed by atoms with van der Waals surface area (Å²) < 4.78 is 1.76. The minimum absolute atomic E-state index is 0.0107. The molecule has 0 fully saturated rings. The quantitative estimate of drug-likeness (QED) is 0.343. The van der Waals surface area contributed by atoms with E-state index in [4.69, 9.17) is 5.11 Å². The van der Waals surface area contributed by atoms with E-state index < -0.39 is 22.8 Å². The molecule has 3 aromatic rings. The van der Waals surface area contributed by atoms with Crippen LogP contribution in [0.5, 0.6) is 0 Å². The number of amides is 2. The molecule has 0 aliphatic carbocycles. The SMILES string of the molecule is O=C(O)CCNC(=O)C1Cc2ncn(Cc3ccccc3[N+](=O)[O-])c2CN1C(=O)Cc1ccccc1. The van der Waals surface area contributed by atoms with Crippen LogP contribution in [0.25, 0.3) is 0 Å². The number of imidazole rings is 1. The number of carbonyl (C=O) groups is 3. The Bertz CT molecular complexity index is 1290. The number of carboxylic acid groups (broad SMARTS) is 1. The smallest absolute Gasteiger partial charge is 0.305 e. The molecule has 2 amide bonds. The molecule has 1 unspecified atom stereocenters. The third-order valence-electron chi connectivity index (χ3n) is 6.10. The lowest BCUT2D eigenvalue weighted by atomic mass is 10.00.